The largest absolute Gasteiger partial charge is 0.309 e. The maximum absolute atomic E-state index is 4.28. The minimum absolute atomic E-state index is 0.153. The van der Waals surface area contributed by atoms with Crippen molar-refractivity contribution in [2.75, 3.05) is 0 Å². The number of hydrogen-bond donors (Lipinski definition) is 0. The fourth-order valence-corrected chi connectivity index (χ4v) is 12.6. The van der Waals surface area contributed by atoms with Gasteiger partial charge in [0.05, 0.1) is 22.1 Å². The van der Waals surface area contributed by atoms with E-state index in [0.717, 1.165) is 29.4 Å². The van der Waals surface area contributed by atoms with Gasteiger partial charge in [0.25, 0.3) is 0 Å². The van der Waals surface area contributed by atoms with Gasteiger partial charge in [0.15, 0.2) is 0 Å². The summed E-state index contributed by atoms with van der Waals surface area (Å²) in [4.78, 5) is 4.28. The van der Waals surface area contributed by atoms with E-state index in [1.807, 2.05) is 12.4 Å². The van der Waals surface area contributed by atoms with Crippen molar-refractivity contribution in [1.82, 2.24) is 14.1 Å². The summed E-state index contributed by atoms with van der Waals surface area (Å²) < 4.78 is 4.91. The summed E-state index contributed by atoms with van der Waals surface area (Å²) in [7, 11) is 0. The first-order chi connectivity index (χ1) is 26.7. The van der Waals surface area contributed by atoms with Gasteiger partial charge in [-0.2, -0.15) is 0 Å². The summed E-state index contributed by atoms with van der Waals surface area (Å²) in [6, 6.07) is 53.0. The van der Waals surface area contributed by atoms with Crippen LogP contribution in [0.4, 0.5) is 0 Å². The van der Waals surface area contributed by atoms with Gasteiger partial charge in [-0.1, -0.05) is 78.9 Å². The fraction of sp³-hybridized carbons (Fsp3) is 0.196. The van der Waals surface area contributed by atoms with Crippen molar-refractivity contribution in [3.8, 4) is 33.6 Å². The van der Waals surface area contributed by atoms with Crippen LogP contribution in [-0.4, -0.2) is 14.1 Å². The lowest BCUT2D eigenvalue weighted by Crippen LogP contribution is -2.55. The summed E-state index contributed by atoms with van der Waals surface area (Å²) >= 11 is 0. The molecule has 0 unspecified atom stereocenters. The third kappa shape index (κ3) is 3.75. The lowest BCUT2D eigenvalue weighted by atomic mass is 9.43. The van der Waals surface area contributed by atoms with Crippen molar-refractivity contribution in [3.05, 3.63) is 163 Å². The monoisotopic (exact) mass is 693 g/mol. The molecule has 3 heterocycles. The number of fused-ring (bicyclic) bond motifs is 9. The topological polar surface area (TPSA) is 22.8 Å². The van der Waals surface area contributed by atoms with Gasteiger partial charge in [0.2, 0.25) is 0 Å². The molecule has 1 spiro atoms. The van der Waals surface area contributed by atoms with Crippen LogP contribution in [0.15, 0.2) is 152 Å². The lowest BCUT2D eigenvalue weighted by Gasteiger charge is -2.61. The molecule has 5 aliphatic carbocycles. The maximum atomic E-state index is 4.28. The van der Waals surface area contributed by atoms with E-state index in [1.54, 1.807) is 11.1 Å². The first-order valence-electron chi connectivity index (χ1n) is 20.0. The highest BCUT2D eigenvalue weighted by molar-refractivity contribution is 6.12. The molecule has 0 radical (unpaired) electrons. The van der Waals surface area contributed by atoms with E-state index in [0.29, 0.717) is 0 Å². The Morgan fingerprint density at radius 2 is 0.963 bits per heavy atom. The average Bonchev–Trinajstić information content (AvgIpc) is 3.83. The Morgan fingerprint density at radius 3 is 1.61 bits per heavy atom. The molecule has 4 saturated carbocycles. The molecule has 0 atom stereocenters. The molecule has 0 aliphatic heterocycles. The van der Waals surface area contributed by atoms with Gasteiger partial charge in [0, 0.05) is 50.7 Å². The van der Waals surface area contributed by atoms with Crippen LogP contribution in [0.2, 0.25) is 0 Å². The Morgan fingerprint density at radius 1 is 0.426 bits per heavy atom. The molecule has 3 heteroatoms. The van der Waals surface area contributed by atoms with Crippen molar-refractivity contribution < 1.29 is 0 Å². The van der Waals surface area contributed by atoms with Crippen LogP contribution < -0.4 is 0 Å². The molecular weight excluding hydrogens is 655 g/mol. The molecule has 3 aromatic heterocycles. The van der Waals surface area contributed by atoms with Crippen LogP contribution in [0.5, 0.6) is 0 Å². The number of benzene rings is 6. The number of rotatable bonds is 3. The van der Waals surface area contributed by atoms with Crippen LogP contribution >= 0.6 is 0 Å². The molecule has 4 bridgehead atoms. The van der Waals surface area contributed by atoms with Crippen molar-refractivity contribution in [2.45, 2.75) is 37.5 Å². The van der Waals surface area contributed by atoms with Gasteiger partial charge in [0.1, 0.15) is 0 Å². The zero-order valence-electron chi connectivity index (χ0n) is 30.1. The molecular formula is C51H39N3. The maximum Gasteiger partial charge on any atom is 0.0541 e. The Hall–Kier alpha value is -5.93. The van der Waals surface area contributed by atoms with Crippen LogP contribution in [0.25, 0.3) is 77.2 Å². The fourth-order valence-electron chi connectivity index (χ4n) is 12.6. The van der Waals surface area contributed by atoms with E-state index < -0.39 is 0 Å². The van der Waals surface area contributed by atoms with E-state index in [2.05, 4.69) is 154 Å². The zero-order chi connectivity index (χ0) is 35.1. The quantitative estimate of drug-likeness (QED) is 0.181. The second-order valence-electron chi connectivity index (χ2n) is 16.8. The van der Waals surface area contributed by atoms with E-state index in [-0.39, 0.29) is 5.41 Å². The third-order valence-corrected chi connectivity index (χ3v) is 14.4. The summed E-state index contributed by atoms with van der Waals surface area (Å²) in [5.41, 5.74) is 16.2. The lowest BCUT2D eigenvalue weighted by molar-refractivity contribution is -0.0399. The predicted molar refractivity (Wildman–Crippen MR) is 222 cm³/mol. The summed E-state index contributed by atoms with van der Waals surface area (Å²) in [6.07, 6.45) is 10.8. The summed E-state index contributed by atoms with van der Waals surface area (Å²) in [6.45, 7) is 0. The number of nitrogens with zero attached hydrogens (tertiary/aromatic N) is 3. The molecule has 0 amide bonds. The molecule has 6 aromatic carbocycles. The van der Waals surface area contributed by atoms with Gasteiger partial charge < -0.3 is 9.13 Å². The molecule has 5 aliphatic rings. The van der Waals surface area contributed by atoms with Crippen LogP contribution in [0, 0.1) is 23.7 Å². The second-order valence-corrected chi connectivity index (χ2v) is 16.8. The van der Waals surface area contributed by atoms with Gasteiger partial charge in [-0.05, 0) is 150 Å². The van der Waals surface area contributed by atoms with E-state index in [9.17, 15) is 0 Å². The van der Waals surface area contributed by atoms with E-state index in [1.165, 1.54) is 104 Å². The molecule has 0 N–H and O–H groups in total. The first-order valence-corrected chi connectivity index (χ1v) is 20.0. The second kappa shape index (κ2) is 10.6. The molecule has 4 fully saturated rings. The molecule has 14 rings (SSSR count). The molecule has 3 nitrogen and oxygen atoms in total. The van der Waals surface area contributed by atoms with Crippen LogP contribution in [0.3, 0.4) is 0 Å². The van der Waals surface area contributed by atoms with Gasteiger partial charge in [-0.3, -0.25) is 4.98 Å². The highest BCUT2D eigenvalue weighted by atomic mass is 15.0. The Labute approximate surface area is 314 Å². The normalized spacial score (nSPS) is 23.6. The minimum Gasteiger partial charge on any atom is -0.309 e. The van der Waals surface area contributed by atoms with Crippen molar-refractivity contribution in [1.29, 1.82) is 0 Å². The van der Waals surface area contributed by atoms with Crippen molar-refractivity contribution >= 4 is 43.6 Å². The van der Waals surface area contributed by atoms with E-state index in [4.69, 9.17) is 0 Å². The predicted octanol–water partition coefficient (Wildman–Crippen LogP) is 12.7. The van der Waals surface area contributed by atoms with Gasteiger partial charge in [-0.25, -0.2) is 0 Å². The molecule has 0 saturated heterocycles. The van der Waals surface area contributed by atoms with E-state index >= 15 is 0 Å². The van der Waals surface area contributed by atoms with Gasteiger partial charge >= 0.3 is 0 Å². The van der Waals surface area contributed by atoms with Crippen molar-refractivity contribution in [3.63, 3.8) is 0 Å². The number of hydrogen-bond acceptors (Lipinski definition) is 1. The molecule has 54 heavy (non-hydrogen) atoms. The standard InChI is InChI=1S/C51H39N3/c1-4-10-45-39(7-1)40-16-15-38(30-46(40)51(45)35-24-31-23-32(26-35)27-36(51)25-31)54-48-12-6-3-9-42(48)44-29-34(14-18-50(44)54)33-13-17-49-43(28-33)41-8-2-5-11-47(41)53(49)37-19-21-52-22-20-37/h1-22,28-32,35-36H,23-27H2. The van der Waals surface area contributed by atoms with Crippen LogP contribution in [0.1, 0.15) is 43.2 Å². The van der Waals surface area contributed by atoms with Crippen molar-refractivity contribution in [2.24, 2.45) is 23.7 Å². The molecule has 9 aromatic rings. The highest BCUT2D eigenvalue weighted by Gasteiger charge is 2.61. The number of para-hydroxylation sites is 2. The Balaban J connectivity index is 0.987. The van der Waals surface area contributed by atoms with Gasteiger partial charge in [-0.15, -0.1) is 0 Å². The average molecular weight is 694 g/mol. The highest BCUT2D eigenvalue weighted by Crippen LogP contribution is 2.69. The minimum atomic E-state index is 0.153. The summed E-state index contributed by atoms with van der Waals surface area (Å²) in [5.74, 6) is 3.38. The van der Waals surface area contributed by atoms with Crippen LogP contribution in [-0.2, 0) is 5.41 Å². The number of pyridine rings is 1. The zero-order valence-corrected chi connectivity index (χ0v) is 30.1. The Bertz CT molecular complexity index is 2990. The SMILES string of the molecule is c1ccc2c(c1)-c1ccc(-n3c4ccccc4c4cc(-c5ccc6c(c5)c5ccccc5n6-c5ccncc5)ccc43)cc1C21C2CC3CC(C2)CC1C3. The first kappa shape index (κ1) is 29.5. The third-order valence-electron chi connectivity index (χ3n) is 14.4. The Kier molecular flexibility index (Phi) is 5.80. The smallest absolute Gasteiger partial charge is 0.0541 e. The molecule has 258 valence electrons. The number of aromatic nitrogens is 3. The summed E-state index contributed by atoms with van der Waals surface area (Å²) in [5, 5.41) is 5.13.